The Bertz CT molecular complexity index is 431. The molecule has 17 heavy (non-hydrogen) atoms. The Kier molecular flexibility index (Phi) is 3.72. The van der Waals surface area contributed by atoms with E-state index in [-0.39, 0.29) is 0 Å². The molecule has 1 aromatic carbocycles. The van der Waals surface area contributed by atoms with Crippen LogP contribution in [0.5, 0.6) is 0 Å². The third-order valence-corrected chi connectivity index (χ3v) is 2.14. The van der Waals surface area contributed by atoms with E-state index >= 15 is 0 Å². The van der Waals surface area contributed by atoms with Crippen LogP contribution in [0.4, 0.5) is 17.6 Å². The molecule has 7 heteroatoms. The van der Waals surface area contributed by atoms with Crippen LogP contribution < -0.4 is 5.73 Å². The summed E-state index contributed by atoms with van der Waals surface area (Å²) in [6, 6.07) is 1.25. The topological polar surface area (TPSA) is 63.3 Å². The predicted molar refractivity (Wildman–Crippen MR) is 50.7 cm³/mol. The molecule has 0 aromatic heterocycles. The molecule has 3 nitrogen and oxygen atoms in total. The molecule has 1 aromatic rings. The van der Waals surface area contributed by atoms with Crippen LogP contribution in [-0.2, 0) is 17.4 Å². The van der Waals surface area contributed by atoms with Crippen molar-refractivity contribution in [3.63, 3.8) is 0 Å². The van der Waals surface area contributed by atoms with Gasteiger partial charge in [-0.05, 0) is 18.1 Å². The van der Waals surface area contributed by atoms with Crippen molar-refractivity contribution in [2.45, 2.75) is 18.6 Å². The lowest BCUT2D eigenvalue weighted by molar-refractivity contribution is -0.142. The van der Waals surface area contributed by atoms with Gasteiger partial charge in [0.2, 0.25) is 0 Å². The molecule has 0 radical (unpaired) electrons. The lowest BCUT2D eigenvalue weighted by atomic mass is 10.00. The molecule has 0 saturated heterocycles. The van der Waals surface area contributed by atoms with E-state index < -0.39 is 41.6 Å². The second-order valence-electron chi connectivity index (χ2n) is 3.42. The molecule has 0 aliphatic rings. The highest BCUT2D eigenvalue weighted by Crippen LogP contribution is 2.34. The van der Waals surface area contributed by atoms with Gasteiger partial charge in [-0.25, -0.2) is 4.39 Å². The van der Waals surface area contributed by atoms with E-state index in [0.717, 1.165) is 12.1 Å². The fourth-order valence-electron chi connectivity index (χ4n) is 1.38. The predicted octanol–water partition coefficient (Wildman–Crippen LogP) is 1.80. The van der Waals surface area contributed by atoms with Crippen LogP contribution in [0.15, 0.2) is 18.2 Å². The molecule has 0 fully saturated rings. The van der Waals surface area contributed by atoms with Crippen LogP contribution in [0.1, 0.15) is 11.1 Å². The minimum absolute atomic E-state index is 0.465. The van der Waals surface area contributed by atoms with Gasteiger partial charge in [0, 0.05) is 0 Å². The zero-order valence-corrected chi connectivity index (χ0v) is 8.46. The van der Waals surface area contributed by atoms with Crippen LogP contribution in [0.2, 0.25) is 0 Å². The van der Waals surface area contributed by atoms with Gasteiger partial charge in [0.05, 0.1) is 5.56 Å². The van der Waals surface area contributed by atoms with Gasteiger partial charge >= 0.3 is 12.1 Å². The average molecular weight is 251 g/mol. The number of carboxylic acids is 1. The molecule has 0 heterocycles. The molecule has 1 rings (SSSR count). The van der Waals surface area contributed by atoms with E-state index in [9.17, 15) is 22.4 Å². The first-order chi connectivity index (χ1) is 7.73. The highest BCUT2D eigenvalue weighted by molar-refractivity contribution is 5.73. The van der Waals surface area contributed by atoms with Crippen molar-refractivity contribution in [3.8, 4) is 0 Å². The summed E-state index contributed by atoms with van der Waals surface area (Å²) in [6.07, 6.45) is -5.46. The smallest absolute Gasteiger partial charge is 0.419 e. The van der Waals surface area contributed by atoms with Gasteiger partial charge in [-0.2, -0.15) is 13.2 Å². The number of hydrogen-bond acceptors (Lipinski definition) is 2. The fourth-order valence-corrected chi connectivity index (χ4v) is 1.38. The quantitative estimate of drug-likeness (QED) is 0.805. The minimum Gasteiger partial charge on any atom is -0.480 e. The van der Waals surface area contributed by atoms with Gasteiger partial charge in [0.1, 0.15) is 11.9 Å². The van der Waals surface area contributed by atoms with Gasteiger partial charge in [0.25, 0.3) is 0 Å². The van der Waals surface area contributed by atoms with E-state index in [1.165, 1.54) is 0 Å². The summed E-state index contributed by atoms with van der Waals surface area (Å²) in [5.74, 6) is -2.88. The zero-order valence-electron chi connectivity index (χ0n) is 8.46. The summed E-state index contributed by atoms with van der Waals surface area (Å²) in [5, 5.41) is 8.51. The van der Waals surface area contributed by atoms with Crippen LogP contribution in [-0.4, -0.2) is 17.1 Å². The Morgan fingerprint density at radius 1 is 1.41 bits per heavy atom. The van der Waals surface area contributed by atoms with Crippen molar-refractivity contribution in [1.82, 2.24) is 0 Å². The number of carbonyl (C=O) groups is 1. The molecule has 1 atom stereocenters. The number of aliphatic carboxylic acids is 1. The van der Waals surface area contributed by atoms with Gasteiger partial charge in [-0.1, -0.05) is 12.1 Å². The van der Waals surface area contributed by atoms with Crippen molar-refractivity contribution in [2.75, 3.05) is 0 Å². The normalized spacial score (nSPS) is 13.5. The second kappa shape index (κ2) is 4.70. The summed E-state index contributed by atoms with van der Waals surface area (Å²) in [4.78, 5) is 10.4. The molecule has 94 valence electrons. The second-order valence-corrected chi connectivity index (χ2v) is 3.42. The fraction of sp³-hybridized carbons (Fsp3) is 0.300. The molecule has 0 spiro atoms. The van der Waals surface area contributed by atoms with Gasteiger partial charge in [0.15, 0.2) is 0 Å². The molecule has 0 unspecified atom stereocenters. The van der Waals surface area contributed by atoms with E-state index in [1.807, 2.05) is 0 Å². The van der Waals surface area contributed by atoms with E-state index in [2.05, 4.69) is 0 Å². The number of alkyl halides is 3. The highest BCUT2D eigenvalue weighted by atomic mass is 19.4. The van der Waals surface area contributed by atoms with E-state index in [1.54, 1.807) is 0 Å². The Labute approximate surface area is 93.8 Å². The molecular formula is C10H9F4NO2. The van der Waals surface area contributed by atoms with Crippen LogP contribution in [0, 0.1) is 5.82 Å². The monoisotopic (exact) mass is 251 g/mol. The lowest BCUT2D eigenvalue weighted by Crippen LogP contribution is -2.33. The summed E-state index contributed by atoms with van der Waals surface area (Å²) in [6.45, 7) is 0. The van der Waals surface area contributed by atoms with E-state index in [4.69, 9.17) is 10.8 Å². The third-order valence-electron chi connectivity index (χ3n) is 2.14. The summed E-state index contributed by atoms with van der Waals surface area (Å²) < 4.78 is 50.7. The van der Waals surface area contributed by atoms with Gasteiger partial charge in [-0.3, -0.25) is 4.79 Å². The first-order valence-electron chi connectivity index (χ1n) is 4.56. The van der Waals surface area contributed by atoms with Crippen molar-refractivity contribution in [2.24, 2.45) is 5.73 Å². The molecule has 0 saturated carbocycles. The maximum absolute atomic E-state index is 13.1. The van der Waals surface area contributed by atoms with E-state index in [0.29, 0.717) is 6.07 Å². The maximum Gasteiger partial charge on any atom is 0.419 e. The number of carboxylic acid groups (broad SMARTS) is 1. The Morgan fingerprint density at radius 3 is 2.47 bits per heavy atom. The summed E-state index contributed by atoms with van der Waals surface area (Å²) in [7, 11) is 0. The number of benzene rings is 1. The molecular weight excluding hydrogens is 242 g/mol. The Hall–Kier alpha value is -1.63. The number of rotatable bonds is 3. The van der Waals surface area contributed by atoms with Crippen molar-refractivity contribution < 1.29 is 27.5 Å². The first kappa shape index (κ1) is 13.4. The summed E-state index contributed by atoms with van der Waals surface area (Å²) in [5.41, 5.74) is 3.19. The Balaban J connectivity index is 3.16. The minimum atomic E-state index is -4.88. The highest BCUT2D eigenvalue weighted by Gasteiger charge is 2.37. The molecule has 0 amide bonds. The SMILES string of the molecule is N[C@H](Cc1cccc(F)c1C(F)(F)F)C(=O)O. The maximum atomic E-state index is 13.1. The van der Waals surface area contributed by atoms with Crippen molar-refractivity contribution >= 4 is 5.97 Å². The Morgan fingerprint density at radius 2 is 2.00 bits per heavy atom. The molecule has 0 aliphatic heterocycles. The van der Waals surface area contributed by atoms with Gasteiger partial charge < -0.3 is 10.8 Å². The largest absolute Gasteiger partial charge is 0.480 e. The van der Waals surface area contributed by atoms with Gasteiger partial charge in [-0.15, -0.1) is 0 Å². The standard InChI is InChI=1S/C10H9F4NO2/c11-6-3-1-2-5(4-7(15)9(16)17)8(6)10(12,13)14/h1-3,7H,4,15H2,(H,16,17)/t7-/m1/s1. The third kappa shape index (κ3) is 3.16. The number of nitrogens with two attached hydrogens (primary N) is 1. The van der Waals surface area contributed by atoms with Crippen LogP contribution >= 0.6 is 0 Å². The lowest BCUT2D eigenvalue weighted by Gasteiger charge is -2.15. The zero-order chi connectivity index (χ0) is 13.2. The first-order valence-corrected chi connectivity index (χ1v) is 4.56. The molecule has 3 N–H and O–H groups in total. The van der Waals surface area contributed by atoms with Crippen LogP contribution in [0.3, 0.4) is 0 Å². The van der Waals surface area contributed by atoms with Crippen LogP contribution in [0.25, 0.3) is 0 Å². The van der Waals surface area contributed by atoms with Crippen molar-refractivity contribution in [1.29, 1.82) is 0 Å². The average Bonchev–Trinajstić information content (AvgIpc) is 2.15. The van der Waals surface area contributed by atoms with Crippen molar-refractivity contribution in [3.05, 3.63) is 35.1 Å². The number of hydrogen-bond donors (Lipinski definition) is 2. The molecule has 0 bridgehead atoms. The molecule has 0 aliphatic carbocycles. The summed E-state index contributed by atoms with van der Waals surface area (Å²) >= 11 is 0. The number of halogens is 4.